The first kappa shape index (κ1) is 23.6. The van der Waals surface area contributed by atoms with Gasteiger partial charge in [0, 0.05) is 17.2 Å². The SMILES string of the molecule is CCc1ccc2c(c1)C=C(c1ccco1)C2P1C(C)=CC2C=CC=C21.[Cl-].[Cl-].[Zr+2]. The third kappa shape index (κ3) is 3.75. The van der Waals surface area contributed by atoms with E-state index in [0.29, 0.717) is 11.6 Å². The molecule has 1 aromatic heterocycles. The Hall–Kier alpha value is -0.647. The number of hydrogen-bond acceptors (Lipinski definition) is 1. The molecule has 3 unspecified atom stereocenters. The fourth-order valence-electron chi connectivity index (χ4n) is 4.32. The standard InChI is InChI=1S/C23H21OP.2ClH.Zr/c1-3-16-9-10-19-18(13-16)14-20(21-7-5-11-24-21)23(19)25-15(2)12-17-6-4-8-22(17)25;;;/h4-14,17,23H,3H2,1-2H3;2*1H;/q;;;+2/p-2. The van der Waals surface area contributed by atoms with Crippen LogP contribution in [0.25, 0.3) is 11.6 Å². The molecule has 5 rings (SSSR count). The van der Waals surface area contributed by atoms with Crippen molar-refractivity contribution in [3.8, 4) is 0 Å². The summed E-state index contributed by atoms with van der Waals surface area (Å²) < 4.78 is 5.83. The molecule has 5 heteroatoms. The van der Waals surface area contributed by atoms with E-state index in [1.54, 1.807) is 16.9 Å². The monoisotopic (exact) mass is 504 g/mol. The predicted octanol–water partition coefficient (Wildman–Crippen LogP) is 0.912. The summed E-state index contributed by atoms with van der Waals surface area (Å²) in [4.78, 5) is 0. The van der Waals surface area contributed by atoms with Crippen molar-refractivity contribution in [3.63, 3.8) is 0 Å². The number of fused-ring (bicyclic) bond motifs is 2. The number of aryl methyl sites for hydroxylation is 1. The van der Waals surface area contributed by atoms with Crippen molar-refractivity contribution >= 4 is 19.6 Å². The molecule has 142 valence electrons. The minimum Gasteiger partial charge on any atom is -1.00 e. The summed E-state index contributed by atoms with van der Waals surface area (Å²) in [6.45, 7) is 4.54. The van der Waals surface area contributed by atoms with Crippen LogP contribution in [-0.2, 0) is 32.6 Å². The van der Waals surface area contributed by atoms with Gasteiger partial charge in [0.1, 0.15) is 5.76 Å². The minimum absolute atomic E-state index is 0. The Kier molecular flexibility index (Phi) is 7.97. The van der Waals surface area contributed by atoms with Gasteiger partial charge in [-0.05, 0) is 66.8 Å². The van der Waals surface area contributed by atoms with Gasteiger partial charge in [0.15, 0.2) is 0 Å². The minimum atomic E-state index is -0.361. The van der Waals surface area contributed by atoms with E-state index in [1.807, 2.05) is 6.07 Å². The van der Waals surface area contributed by atoms with Gasteiger partial charge in [0.2, 0.25) is 0 Å². The second-order valence-corrected chi connectivity index (χ2v) is 9.45. The molecule has 0 saturated heterocycles. The summed E-state index contributed by atoms with van der Waals surface area (Å²) in [5.74, 6) is 1.53. The Morgan fingerprint density at radius 1 is 1.14 bits per heavy atom. The van der Waals surface area contributed by atoms with Gasteiger partial charge in [0.25, 0.3) is 0 Å². The second-order valence-electron chi connectivity index (χ2n) is 6.98. The zero-order valence-electron chi connectivity index (χ0n) is 15.8. The van der Waals surface area contributed by atoms with Gasteiger partial charge in [-0.15, -0.1) is 0 Å². The van der Waals surface area contributed by atoms with Crippen LogP contribution in [0.5, 0.6) is 0 Å². The third-order valence-corrected chi connectivity index (χ3v) is 8.51. The van der Waals surface area contributed by atoms with Crippen LogP contribution >= 0.6 is 7.92 Å². The van der Waals surface area contributed by atoms with Crippen molar-refractivity contribution in [2.45, 2.75) is 25.9 Å². The molecule has 0 N–H and O–H groups in total. The molecule has 1 aliphatic heterocycles. The molecule has 2 heterocycles. The molecule has 0 amide bonds. The van der Waals surface area contributed by atoms with Crippen molar-refractivity contribution in [1.82, 2.24) is 0 Å². The molecule has 3 aliphatic rings. The zero-order valence-corrected chi connectivity index (χ0v) is 20.7. The molecular formula is C23H21Cl2OPZr. The normalized spacial score (nSPS) is 23.5. The van der Waals surface area contributed by atoms with Crippen LogP contribution in [0.3, 0.4) is 0 Å². The molecule has 0 bridgehead atoms. The number of rotatable bonds is 3. The average molecular weight is 507 g/mol. The number of halogens is 2. The Bertz CT molecular complexity index is 972. The van der Waals surface area contributed by atoms with E-state index in [0.717, 1.165) is 12.2 Å². The first-order valence-electron chi connectivity index (χ1n) is 9.00. The van der Waals surface area contributed by atoms with Crippen LogP contribution < -0.4 is 24.8 Å². The van der Waals surface area contributed by atoms with Crippen molar-refractivity contribution in [2.75, 3.05) is 0 Å². The smallest absolute Gasteiger partial charge is 1.00 e. The van der Waals surface area contributed by atoms with Gasteiger partial charge in [-0.25, -0.2) is 0 Å². The Labute approximate surface area is 199 Å². The number of allylic oxidation sites excluding steroid dienone is 7. The molecule has 0 radical (unpaired) electrons. The topological polar surface area (TPSA) is 13.1 Å². The Morgan fingerprint density at radius 2 is 1.96 bits per heavy atom. The maximum atomic E-state index is 5.83. The van der Waals surface area contributed by atoms with Crippen molar-refractivity contribution in [3.05, 3.63) is 94.0 Å². The fraction of sp³-hybridized carbons (Fsp3) is 0.217. The molecule has 0 fully saturated rings. The van der Waals surface area contributed by atoms with Crippen LogP contribution in [0.1, 0.15) is 42.0 Å². The maximum Gasteiger partial charge on any atom is 2.00 e. The Balaban J connectivity index is 0.000000934. The summed E-state index contributed by atoms with van der Waals surface area (Å²) in [5.41, 5.74) is 6.01. The number of hydrogen-bond donors (Lipinski definition) is 0. The van der Waals surface area contributed by atoms with Crippen LogP contribution in [0.15, 0.2) is 75.9 Å². The van der Waals surface area contributed by atoms with E-state index in [2.05, 4.69) is 68.5 Å². The van der Waals surface area contributed by atoms with Crippen molar-refractivity contribution in [1.29, 1.82) is 0 Å². The van der Waals surface area contributed by atoms with Crippen molar-refractivity contribution < 1.29 is 55.4 Å². The molecule has 1 nitrogen and oxygen atoms in total. The van der Waals surface area contributed by atoms with E-state index in [1.165, 1.54) is 22.3 Å². The fourth-order valence-corrected chi connectivity index (χ4v) is 7.48. The quantitative estimate of drug-likeness (QED) is 0.565. The predicted molar refractivity (Wildman–Crippen MR) is 107 cm³/mol. The maximum absolute atomic E-state index is 5.83. The van der Waals surface area contributed by atoms with Crippen LogP contribution in [-0.4, -0.2) is 0 Å². The van der Waals surface area contributed by atoms with Crippen LogP contribution in [0.4, 0.5) is 0 Å². The average Bonchev–Trinajstić information content (AvgIpc) is 3.37. The summed E-state index contributed by atoms with van der Waals surface area (Å²) in [7, 11) is -0.361. The van der Waals surface area contributed by atoms with Crippen LogP contribution in [0.2, 0.25) is 0 Å². The van der Waals surface area contributed by atoms with E-state index < -0.39 is 0 Å². The van der Waals surface area contributed by atoms with Gasteiger partial charge in [-0.2, -0.15) is 0 Å². The van der Waals surface area contributed by atoms with E-state index in [-0.39, 0.29) is 58.9 Å². The van der Waals surface area contributed by atoms with E-state index in [4.69, 9.17) is 4.42 Å². The van der Waals surface area contributed by atoms with Gasteiger partial charge in [0.05, 0.1) is 6.26 Å². The summed E-state index contributed by atoms with van der Waals surface area (Å²) in [6, 6.07) is 11.1. The van der Waals surface area contributed by atoms with E-state index in [9.17, 15) is 0 Å². The van der Waals surface area contributed by atoms with Crippen molar-refractivity contribution in [2.24, 2.45) is 5.92 Å². The molecule has 0 saturated carbocycles. The zero-order chi connectivity index (χ0) is 17.0. The molecular weight excluding hydrogens is 485 g/mol. The summed E-state index contributed by atoms with van der Waals surface area (Å²) in [6.07, 6.45) is 14.6. The molecule has 1 aromatic carbocycles. The molecule has 3 atom stereocenters. The summed E-state index contributed by atoms with van der Waals surface area (Å²) >= 11 is 0. The first-order chi connectivity index (χ1) is 12.3. The van der Waals surface area contributed by atoms with Gasteiger partial charge in [-0.1, -0.05) is 49.4 Å². The van der Waals surface area contributed by atoms with Gasteiger partial charge >= 0.3 is 26.2 Å². The Morgan fingerprint density at radius 3 is 2.68 bits per heavy atom. The second kappa shape index (κ2) is 9.44. The first-order valence-corrected chi connectivity index (χ1v) is 10.4. The third-order valence-electron chi connectivity index (χ3n) is 5.53. The largest absolute Gasteiger partial charge is 2.00 e. The number of benzene rings is 1. The van der Waals surface area contributed by atoms with E-state index >= 15 is 0 Å². The molecule has 2 aliphatic carbocycles. The summed E-state index contributed by atoms with van der Waals surface area (Å²) in [5, 5.41) is 3.15. The molecule has 2 aromatic rings. The van der Waals surface area contributed by atoms with Gasteiger partial charge in [-0.3, -0.25) is 0 Å². The van der Waals surface area contributed by atoms with Crippen LogP contribution in [0, 0.1) is 5.92 Å². The molecule has 0 spiro atoms. The number of furan rings is 1. The van der Waals surface area contributed by atoms with Gasteiger partial charge < -0.3 is 29.2 Å². The molecule has 28 heavy (non-hydrogen) atoms.